The van der Waals surface area contributed by atoms with E-state index in [9.17, 15) is 8.21 Å². The standard InChI is InChI=1S/C63H69N3O2Te/c1-59(2,3)37-38-24-26-46-47-28-29-64-54(57(47)69(68)53(46)30-38)41-31-40(32-43(33-41)61(7,8)9)45-22-19-23-52-55(45)65-58(49-35-44(62(10,11)12)36-50(56(49)67)63(13,14)15)66(52)51-27-25-42(60(4,5)6)34-48(51)39-20-17-16-18-21-39/h16-36,67H,37H2,1-15H3. The molecule has 0 atom stereocenters. The number of fused-ring (bicyclic) bond motifs is 4. The van der Waals surface area contributed by atoms with E-state index in [-0.39, 0.29) is 32.8 Å². The van der Waals surface area contributed by atoms with Gasteiger partial charge in [-0.2, -0.15) is 0 Å². The normalized spacial score (nSPS) is 13.6. The van der Waals surface area contributed by atoms with Gasteiger partial charge in [-0.1, -0.05) is 98.7 Å². The molecule has 9 rings (SSSR count). The van der Waals surface area contributed by atoms with Gasteiger partial charge in [0.1, 0.15) is 0 Å². The Morgan fingerprint density at radius 2 is 1.19 bits per heavy atom. The van der Waals surface area contributed by atoms with Crippen LogP contribution in [-0.4, -0.2) is 39.2 Å². The number of hydrogen-bond donors (Lipinski definition) is 1. The van der Waals surface area contributed by atoms with Crippen molar-refractivity contribution in [3.8, 4) is 67.5 Å². The molecule has 0 bridgehead atoms. The van der Waals surface area contributed by atoms with Gasteiger partial charge >= 0.3 is 300 Å². The molecule has 0 saturated carbocycles. The minimum absolute atomic E-state index is 0.0906. The van der Waals surface area contributed by atoms with Crippen molar-refractivity contribution in [3.63, 3.8) is 0 Å². The van der Waals surface area contributed by atoms with Gasteiger partial charge in [0, 0.05) is 0 Å². The van der Waals surface area contributed by atoms with Crippen LogP contribution >= 0.6 is 0 Å². The molecule has 69 heavy (non-hydrogen) atoms. The van der Waals surface area contributed by atoms with Crippen LogP contribution < -0.4 is 7.22 Å². The molecule has 0 spiro atoms. The summed E-state index contributed by atoms with van der Waals surface area (Å²) < 4.78 is 19.1. The maximum absolute atomic E-state index is 14.9. The average Bonchev–Trinajstić information content (AvgIpc) is 3.79. The van der Waals surface area contributed by atoms with Gasteiger partial charge in [-0.3, -0.25) is 0 Å². The number of benzene rings is 6. The summed E-state index contributed by atoms with van der Waals surface area (Å²) >= 11 is -3.25. The predicted octanol–water partition coefficient (Wildman–Crippen LogP) is 15.1. The first-order valence-corrected chi connectivity index (χ1v) is 27.8. The zero-order valence-corrected chi connectivity index (χ0v) is 45.8. The summed E-state index contributed by atoms with van der Waals surface area (Å²) in [6.45, 7) is 33.4. The summed E-state index contributed by atoms with van der Waals surface area (Å²) in [7, 11) is 0. The zero-order valence-electron chi connectivity index (χ0n) is 43.4. The first-order chi connectivity index (χ1) is 32.2. The van der Waals surface area contributed by atoms with E-state index in [1.165, 1.54) is 11.1 Å². The van der Waals surface area contributed by atoms with Gasteiger partial charge in [-0.15, -0.1) is 0 Å². The van der Waals surface area contributed by atoms with E-state index in [0.717, 1.165) is 91.7 Å². The van der Waals surface area contributed by atoms with Crippen LogP contribution in [0.3, 0.4) is 0 Å². The van der Waals surface area contributed by atoms with Crippen LogP contribution in [0.5, 0.6) is 5.75 Å². The third-order valence-corrected chi connectivity index (χ3v) is 18.0. The fourth-order valence-corrected chi connectivity index (χ4v) is 14.3. The Hall–Kier alpha value is -5.67. The molecule has 0 amide bonds. The third kappa shape index (κ3) is 9.17. The van der Waals surface area contributed by atoms with Crippen molar-refractivity contribution >= 4 is 37.8 Å². The van der Waals surface area contributed by atoms with Gasteiger partial charge < -0.3 is 0 Å². The minimum atomic E-state index is -3.25. The van der Waals surface area contributed by atoms with Crippen molar-refractivity contribution in [2.75, 3.05) is 0 Å². The van der Waals surface area contributed by atoms with Gasteiger partial charge in [0.15, 0.2) is 0 Å². The Balaban J connectivity index is 1.34. The second-order valence-electron chi connectivity index (χ2n) is 24.6. The number of imidazole rings is 1. The van der Waals surface area contributed by atoms with E-state index in [1.54, 1.807) is 0 Å². The number of hydrogen-bond acceptors (Lipinski definition) is 4. The quantitative estimate of drug-likeness (QED) is 0.169. The van der Waals surface area contributed by atoms with Gasteiger partial charge in [-0.05, 0) is 21.8 Å². The van der Waals surface area contributed by atoms with E-state index in [4.69, 9.17) is 9.97 Å². The van der Waals surface area contributed by atoms with Crippen LogP contribution in [-0.2, 0) is 31.2 Å². The fraction of sp³-hybridized carbons (Fsp3) is 0.333. The molecule has 1 N–H and O–H groups in total. The number of nitrogens with zero attached hydrogens (tertiary/aromatic N) is 3. The number of para-hydroxylation sites is 1. The van der Waals surface area contributed by atoms with Crippen molar-refractivity contribution in [1.29, 1.82) is 0 Å². The van der Waals surface area contributed by atoms with Crippen LogP contribution in [0, 0.1) is 5.41 Å². The second-order valence-corrected chi connectivity index (χ2v) is 28.6. The predicted molar refractivity (Wildman–Crippen MR) is 291 cm³/mol. The Kier molecular flexibility index (Phi) is 11.9. The molecule has 0 fully saturated rings. The molecule has 3 heterocycles. The van der Waals surface area contributed by atoms with Crippen molar-refractivity contribution in [2.45, 2.75) is 132 Å². The molecule has 5 nitrogen and oxygen atoms in total. The topological polar surface area (TPSA) is 68.0 Å². The van der Waals surface area contributed by atoms with E-state index >= 15 is 0 Å². The summed E-state index contributed by atoms with van der Waals surface area (Å²) in [5, 5.41) is 12.6. The van der Waals surface area contributed by atoms with Crippen LogP contribution in [0.4, 0.5) is 0 Å². The molecule has 0 aliphatic carbocycles. The van der Waals surface area contributed by atoms with Crippen LogP contribution in [0.1, 0.15) is 132 Å². The molecule has 6 heteroatoms. The molecular formula is C63H69N3O2Te. The van der Waals surface area contributed by atoms with Gasteiger partial charge in [0.25, 0.3) is 0 Å². The van der Waals surface area contributed by atoms with Crippen molar-refractivity contribution in [2.24, 2.45) is 5.41 Å². The molecule has 1 aliphatic rings. The molecule has 6 aromatic carbocycles. The van der Waals surface area contributed by atoms with E-state index in [0.29, 0.717) is 11.4 Å². The number of phenolic OH excluding ortho intramolecular Hbond substituents is 1. The number of pyridine rings is 1. The Morgan fingerprint density at radius 3 is 1.84 bits per heavy atom. The van der Waals surface area contributed by atoms with E-state index < -0.39 is 19.5 Å². The van der Waals surface area contributed by atoms with Gasteiger partial charge in [0.05, 0.1) is 0 Å². The SMILES string of the molecule is CC(C)(C)Cc1ccc2c(c1)[Te](=O)c1c-2ccnc1-c1cc(-c2cccc3c2nc(-c2cc(C(C)(C)C)cc(C(C)(C)C)c2O)n3-c2ccc(C(C)(C)C)cc2-c2ccccc2)cc(C(C)(C)C)c1. The molecule has 0 unspecified atom stereocenters. The third-order valence-electron chi connectivity index (χ3n) is 13.6. The molecule has 0 radical (unpaired) electrons. The summed E-state index contributed by atoms with van der Waals surface area (Å²) in [6.07, 6.45) is 2.80. The monoisotopic (exact) mass is 1030 g/mol. The van der Waals surface area contributed by atoms with Gasteiger partial charge in [0.2, 0.25) is 0 Å². The van der Waals surface area contributed by atoms with Crippen LogP contribution in [0.2, 0.25) is 0 Å². The summed E-state index contributed by atoms with van der Waals surface area (Å²) in [5.41, 5.74) is 16.3. The second kappa shape index (κ2) is 17.0. The molecule has 2 aromatic heterocycles. The summed E-state index contributed by atoms with van der Waals surface area (Å²) in [5.74, 6) is 0.915. The van der Waals surface area contributed by atoms with Crippen molar-refractivity contribution in [1.82, 2.24) is 14.5 Å². The summed E-state index contributed by atoms with van der Waals surface area (Å²) in [6, 6.07) is 43.7. The van der Waals surface area contributed by atoms with E-state index in [2.05, 4.69) is 230 Å². The zero-order chi connectivity index (χ0) is 49.7. The molecular weight excluding hydrogens is 958 g/mol. The fourth-order valence-electron chi connectivity index (χ4n) is 9.79. The number of aromatic nitrogens is 3. The van der Waals surface area contributed by atoms with Crippen LogP contribution in [0.15, 0.2) is 128 Å². The number of aromatic hydroxyl groups is 1. The first-order valence-electron chi connectivity index (χ1n) is 24.5. The van der Waals surface area contributed by atoms with E-state index in [1.807, 2.05) is 6.20 Å². The maximum atomic E-state index is 14.9. The van der Waals surface area contributed by atoms with Crippen LogP contribution in [0.25, 0.3) is 72.7 Å². The first kappa shape index (κ1) is 48.4. The molecule has 354 valence electrons. The number of rotatable bonds is 6. The summed E-state index contributed by atoms with van der Waals surface area (Å²) in [4.78, 5) is 10.8. The average molecular weight is 1030 g/mol. The van der Waals surface area contributed by atoms with Crippen molar-refractivity contribution < 1.29 is 8.21 Å². The Bertz CT molecular complexity index is 3340. The molecule has 0 saturated heterocycles. The molecule has 8 aromatic rings. The Labute approximate surface area is 418 Å². The van der Waals surface area contributed by atoms with Crippen molar-refractivity contribution in [3.05, 3.63) is 155 Å². The molecule has 1 aliphatic heterocycles. The Morgan fingerprint density at radius 1 is 0.536 bits per heavy atom. The number of phenols is 1. The van der Waals surface area contributed by atoms with Gasteiger partial charge in [-0.25, -0.2) is 0 Å².